The van der Waals surface area contributed by atoms with E-state index in [9.17, 15) is 14.9 Å². The fourth-order valence-corrected chi connectivity index (χ4v) is 1.68. The Balaban J connectivity index is 2.10. The minimum absolute atomic E-state index is 0.190. The summed E-state index contributed by atoms with van der Waals surface area (Å²) in [4.78, 5) is 24.9. The summed E-state index contributed by atoms with van der Waals surface area (Å²) in [6, 6.07) is 6.91. The minimum atomic E-state index is -0.542. The highest BCUT2D eigenvalue weighted by Gasteiger charge is 2.10. The summed E-state index contributed by atoms with van der Waals surface area (Å²) >= 11 is 0. The number of hydrogen-bond acceptors (Lipinski definition) is 4. The molecule has 2 N–H and O–H groups in total. The van der Waals surface area contributed by atoms with Crippen molar-refractivity contribution in [3.05, 3.63) is 52.5 Å². The predicted molar refractivity (Wildman–Crippen MR) is 72.5 cm³/mol. The number of nitrogens with one attached hydrogen (secondary N) is 2. The van der Waals surface area contributed by atoms with Crippen LogP contribution in [0, 0.1) is 10.1 Å². The highest BCUT2D eigenvalue weighted by atomic mass is 16.6. The van der Waals surface area contributed by atoms with E-state index in [-0.39, 0.29) is 11.8 Å². The quantitative estimate of drug-likeness (QED) is 0.653. The predicted octanol–water partition coefficient (Wildman–Crippen LogP) is 1.59. The number of anilines is 1. The van der Waals surface area contributed by atoms with Crippen molar-refractivity contribution in [2.24, 2.45) is 0 Å². The molecule has 0 aliphatic heterocycles. The van der Waals surface area contributed by atoms with Crippen LogP contribution in [-0.4, -0.2) is 27.6 Å². The molecule has 0 saturated carbocycles. The number of nitro groups is 1. The number of imidazole rings is 1. The number of rotatable bonds is 4. The van der Waals surface area contributed by atoms with Crippen molar-refractivity contribution in [3.8, 4) is 0 Å². The maximum Gasteiger partial charge on any atom is 0.381 e. The molecule has 0 saturated heterocycles. The van der Waals surface area contributed by atoms with Gasteiger partial charge in [0.05, 0.1) is 6.54 Å². The number of carbonyl (C=O) groups is 1. The van der Waals surface area contributed by atoms with Gasteiger partial charge in [-0.2, -0.15) is 0 Å². The second-order valence-electron chi connectivity index (χ2n) is 4.07. The summed E-state index contributed by atoms with van der Waals surface area (Å²) in [7, 11) is 1.53. The van der Waals surface area contributed by atoms with Crippen LogP contribution in [0.15, 0.2) is 36.8 Å². The first-order valence-corrected chi connectivity index (χ1v) is 5.82. The molecule has 2 rings (SSSR count). The molecule has 0 fully saturated rings. The molecule has 1 aromatic heterocycles. The van der Waals surface area contributed by atoms with Gasteiger partial charge >= 0.3 is 11.8 Å². The van der Waals surface area contributed by atoms with Crippen molar-refractivity contribution in [1.29, 1.82) is 0 Å². The van der Waals surface area contributed by atoms with Gasteiger partial charge in [-0.25, -0.2) is 4.79 Å². The van der Waals surface area contributed by atoms with Gasteiger partial charge in [-0.1, -0.05) is 12.1 Å². The number of aromatic nitrogens is 2. The average molecular weight is 275 g/mol. The molecular formula is C12H13N5O3. The topological polar surface area (TPSA) is 102 Å². The van der Waals surface area contributed by atoms with Gasteiger partial charge in [-0.15, -0.1) is 0 Å². The summed E-state index contributed by atoms with van der Waals surface area (Å²) in [5.74, 6) is -0.190. The summed E-state index contributed by atoms with van der Waals surface area (Å²) in [5, 5.41) is 15.7. The standard InChI is InChI=1S/C12H13N5O3/c1-13-12(18)15-10-4-2-3-9(5-10)6-16-7-11(14-8-16)17(19)20/h2-5,7-8H,6H2,1H3,(H2,13,15,18). The monoisotopic (exact) mass is 275 g/mol. The van der Waals surface area contributed by atoms with Gasteiger partial charge in [0, 0.05) is 12.7 Å². The van der Waals surface area contributed by atoms with Crippen LogP contribution in [0.25, 0.3) is 0 Å². The Kier molecular flexibility index (Phi) is 3.94. The van der Waals surface area contributed by atoms with Crippen molar-refractivity contribution in [1.82, 2.24) is 14.9 Å². The zero-order chi connectivity index (χ0) is 14.5. The van der Waals surface area contributed by atoms with Crippen LogP contribution in [0.1, 0.15) is 5.56 Å². The molecule has 0 radical (unpaired) electrons. The molecule has 2 aromatic rings. The molecule has 1 aromatic carbocycles. The molecule has 8 heteroatoms. The molecule has 0 aliphatic rings. The Morgan fingerprint density at radius 1 is 1.50 bits per heavy atom. The lowest BCUT2D eigenvalue weighted by molar-refractivity contribution is -0.389. The third kappa shape index (κ3) is 3.31. The van der Waals surface area contributed by atoms with Gasteiger partial charge in [0.25, 0.3) is 0 Å². The van der Waals surface area contributed by atoms with Gasteiger partial charge in [0.2, 0.25) is 6.33 Å². The molecule has 8 nitrogen and oxygen atoms in total. The van der Waals surface area contributed by atoms with Crippen molar-refractivity contribution < 1.29 is 9.72 Å². The second-order valence-corrected chi connectivity index (χ2v) is 4.07. The first-order valence-electron chi connectivity index (χ1n) is 5.82. The molecule has 0 aliphatic carbocycles. The van der Waals surface area contributed by atoms with E-state index in [0.29, 0.717) is 12.2 Å². The van der Waals surface area contributed by atoms with Crippen molar-refractivity contribution in [3.63, 3.8) is 0 Å². The van der Waals surface area contributed by atoms with Crippen LogP contribution in [0.4, 0.5) is 16.3 Å². The lowest BCUT2D eigenvalue weighted by Crippen LogP contribution is -2.24. The van der Waals surface area contributed by atoms with Crippen LogP contribution < -0.4 is 10.6 Å². The van der Waals surface area contributed by atoms with Crippen molar-refractivity contribution in [2.75, 3.05) is 12.4 Å². The van der Waals surface area contributed by atoms with Gasteiger partial charge in [-0.3, -0.25) is 0 Å². The number of benzene rings is 1. The van der Waals surface area contributed by atoms with E-state index in [4.69, 9.17) is 0 Å². The lowest BCUT2D eigenvalue weighted by Gasteiger charge is -2.07. The van der Waals surface area contributed by atoms with Gasteiger partial charge < -0.3 is 25.3 Å². The number of hydrogen-bond donors (Lipinski definition) is 2. The summed E-state index contributed by atoms with van der Waals surface area (Å²) in [5.41, 5.74) is 1.54. The van der Waals surface area contributed by atoms with Crippen LogP contribution in [0.5, 0.6) is 0 Å². The van der Waals surface area contributed by atoms with Crippen LogP contribution in [0.2, 0.25) is 0 Å². The Hall–Kier alpha value is -2.90. The Bertz CT molecular complexity index is 638. The molecule has 1 heterocycles. The number of nitrogens with zero attached hydrogens (tertiary/aromatic N) is 3. The second kappa shape index (κ2) is 5.83. The van der Waals surface area contributed by atoms with Crippen LogP contribution >= 0.6 is 0 Å². The van der Waals surface area contributed by atoms with E-state index in [1.165, 1.54) is 19.6 Å². The first-order chi connectivity index (χ1) is 9.58. The van der Waals surface area contributed by atoms with Gasteiger partial charge in [0.1, 0.15) is 6.20 Å². The van der Waals surface area contributed by atoms with E-state index < -0.39 is 4.92 Å². The Labute approximate surface area is 114 Å². The van der Waals surface area contributed by atoms with Gasteiger partial charge in [0.15, 0.2) is 0 Å². The van der Waals surface area contributed by atoms with Crippen molar-refractivity contribution in [2.45, 2.75) is 6.54 Å². The lowest BCUT2D eigenvalue weighted by atomic mass is 10.2. The molecule has 0 bridgehead atoms. The van der Waals surface area contributed by atoms with E-state index in [1.807, 2.05) is 6.07 Å². The molecule has 20 heavy (non-hydrogen) atoms. The molecule has 0 unspecified atom stereocenters. The largest absolute Gasteiger partial charge is 0.381 e. The summed E-state index contributed by atoms with van der Waals surface area (Å²) in [6.07, 6.45) is 2.76. The molecule has 0 spiro atoms. The maximum atomic E-state index is 11.2. The molecular weight excluding hydrogens is 262 g/mol. The average Bonchev–Trinajstić information content (AvgIpc) is 2.87. The molecule has 2 amide bonds. The van der Waals surface area contributed by atoms with Gasteiger partial charge in [-0.05, 0) is 27.6 Å². The number of urea groups is 1. The van der Waals surface area contributed by atoms with E-state index in [2.05, 4.69) is 15.6 Å². The third-order valence-corrected chi connectivity index (χ3v) is 2.58. The Morgan fingerprint density at radius 2 is 2.30 bits per heavy atom. The van der Waals surface area contributed by atoms with Crippen molar-refractivity contribution >= 4 is 17.5 Å². The molecule has 0 atom stereocenters. The first kappa shape index (κ1) is 13.5. The summed E-state index contributed by atoms with van der Waals surface area (Å²) < 4.78 is 1.61. The molecule has 104 valence electrons. The normalized spacial score (nSPS) is 10.1. The number of amides is 2. The summed E-state index contributed by atoms with van der Waals surface area (Å²) in [6.45, 7) is 0.435. The smallest absolute Gasteiger partial charge is 0.358 e. The third-order valence-electron chi connectivity index (χ3n) is 2.58. The zero-order valence-electron chi connectivity index (χ0n) is 10.7. The highest BCUT2D eigenvalue weighted by molar-refractivity contribution is 5.89. The fraction of sp³-hybridized carbons (Fsp3) is 0.167. The SMILES string of the molecule is CNC(=O)Nc1cccc(Cn2cnc([N+](=O)[O-])c2)c1. The zero-order valence-corrected chi connectivity index (χ0v) is 10.7. The maximum absolute atomic E-state index is 11.2. The number of carbonyl (C=O) groups excluding carboxylic acids is 1. The minimum Gasteiger partial charge on any atom is -0.358 e. The van der Waals surface area contributed by atoms with Crippen LogP contribution in [0.3, 0.4) is 0 Å². The van der Waals surface area contributed by atoms with Crippen LogP contribution in [-0.2, 0) is 6.54 Å². The van der Waals surface area contributed by atoms with E-state index in [1.54, 1.807) is 22.8 Å². The fourth-order valence-electron chi connectivity index (χ4n) is 1.68. The highest BCUT2D eigenvalue weighted by Crippen LogP contribution is 2.13. The van der Waals surface area contributed by atoms with E-state index in [0.717, 1.165) is 5.56 Å². The van der Waals surface area contributed by atoms with E-state index >= 15 is 0 Å². The Morgan fingerprint density at radius 3 is 2.95 bits per heavy atom.